The monoisotopic (exact) mass is 193 g/mol. The Bertz CT molecular complexity index is 311. The lowest BCUT2D eigenvalue weighted by molar-refractivity contribution is 0.224. The van der Waals surface area contributed by atoms with Gasteiger partial charge in [-0.25, -0.2) is 4.39 Å². The zero-order chi connectivity index (χ0) is 9.97. The minimum Gasteiger partial charge on any atom is -0.307 e. The fourth-order valence-electron chi connectivity index (χ4n) is 2.08. The van der Waals surface area contributed by atoms with Gasteiger partial charge >= 0.3 is 0 Å². The van der Waals surface area contributed by atoms with Crippen molar-refractivity contribution in [3.05, 3.63) is 35.4 Å². The fraction of sp³-hybridized carbons (Fsp3) is 0.500. The number of nitrogens with one attached hydrogen (secondary N) is 1. The fourth-order valence-corrected chi connectivity index (χ4v) is 2.08. The Hall–Kier alpha value is -0.890. The van der Waals surface area contributed by atoms with E-state index in [1.807, 2.05) is 24.3 Å². The van der Waals surface area contributed by atoms with E-state index in [4.69, 9.17) is 0 Å². The van der Waals surface area contributed by atoms with Gasteiger partial charge in [-0.3, -0.25) is 0 Å². The van der Waals surface area contributed by atoms with Gasteiger partial charge in [-0.15, -0.1) is 0 Å². The van der Waals surface area contributed by atoms with Gasteiger partial charge in [0.05, 0.1) is 0 Å². The van der Waals surface area contributed by atoms with Crippen molar-refractivity contribution in [2.24, 2.45) is 0 Å². The molecule has 0 spiro atoms. The van der Waals surface area contributed by atoms with Gasteiger partial charge in [0.25, 0.3) is 0 Å². The van der Waals surface area contributed by atoms with Crippen molar-refractivity contribution in [2.75, 3.05) is 0 Å². The van der Waals surface area contributed by atoms with Crippen molar-refractivity contribution in [1.29, 1.82) is 0 Å². The molecule has 0 fully saturated rings. The molecule has 0 saturated heterocycles. The predicted molar refractivity (Wildman–Crippen MR) is 55.8 cm³/mol. The third kappa shape index (κ3) is 1.67. The quantitative estimate of drug-likeness (QED) is 0.761. The number of rotatable bonds is 2. The van der Waals surface area contributed by atoms with Crippen molar-refractivity contribution in [1.82, 2.24) is 5.32 Å². The topological polar surface area (TPSA) is 12.0 Å². The zero-order valence-corrected chi connectivity index (χ0v) is 8.46. The van der Waals surface area contributed by atoms with Crippen LogP contribution in [0.25, 0.3) is 0 Å². The van der Waals surface area contributed by atoms with E-state index >= 15 is 0 Å². The van der Waals surface area contributed by atoms with Crippen molar-refractivity contribution < 1.29 is 4.39 Å². The van der Waals surface area contributed by atoms with E-state index in [0.717, 1.165) is 30.5 Å². The lowest BCUT2D eigenvalue weighted by Crippen LogP contribution is -2.37. The van der Waals surface area contributed by atoms with Crippen molar-refractivity contribution >= 4 is 0 Å². The number of alkyl halides is 1. The van der Waals surface area contributed by atoms with Gasteiger partial charge < -0.3 is 5.32 Å². The minimum absolute atomic E-state index is 0.00917. The summed E-state index contributed by atoms with van der Waals surface area (Å²) in [6.07, 6.45) is 1.11. The third-order valence-electron chi connectivity index (χ3n) is 2.86. The zero-order valence-electron chi connectivity index (χ0n) is 8.46. The van der Waals surface area contributed by atoms with Gasteiger partial charge in [0.2, 0.25) is 0 Å². The highest BCUT2D eigenvalue weighted by molar-refractivity contribution is 5.32. The lowest BCUT2D eigenvalue weighted by atomic mass is 9.92. The maximum atomic E-state index is 14.0. The van der Waals surface area contributed by atoms with E-state index < -0.39 is 6.17 Å². The van der Waals surface area contributed by atoms with Crippen LogP contribution in [0.1, 0.15) is 37.1 Å². The molecule has 0 aromatic heterocycles. The largest absolute Gasteiger partial charge is 0.307 e. The summed E-state index contributed by atoms with van der Waals surface area (Å²) in [7, 11) is 0. The molecule has 2 rings (SSSR count). The Labute approximate surface area is 84.3 Å². The normalized spacial score (nSPS) is 25.9. The maximum Gasteiger partial charge on any atom is 0.141 e. The van der Waals surface area contributed by atoms with Gasteiger partial charge in [-0.2, -0.15) is 0 Å². The molecule has 0 radical (unpaired) electrons. The van der Waals surface area contributed by atoms with Crippen LogP contribution >= 0.6 is 0 Å². The van der Waals surface area contributed by atoms with Crippen LogP contribution in [0.15, 0.2) is 24.3 Å². The summed E-state index contributed by atoms with van der Waals surface area (Å²) < 4.78 is 14.0. The SMILES string of the molecule is CCC[C@H]1NCc2ccccc2[C@H]1F. The number of hydrogen-bond donors (Lipinski definition) is 1. The van der Waals surface area contributed by atoms with Crippen LogP contribution in [-0.2, 0) is 6.54 Å². The Morgan fingerprint density at radius 1 is 1.43 bits per heavy atom. The van der Waals surface area contributed by atoms with Crippen LogP contribution in [0, 0.1) is 0 Å². The van der Waals surface area contributed by atoms with Gasteiger partial charge in [-0.1, -0.05) is 37.6 Å². The smallest absolute Gasteiger partial charge is 0.141 e. The molecule has 2 atom stereocenters. The highest BCUT2D eigenvalue weighted by Crippen LogP contribution is 2.30. The summed E-state index contributed by atoms with van der Waals surface area (Å²) in [5.41, 5.74) is 1.98. The first-order valence-corrected chi connectivity index (χ1v) is 5.28. The molecule has 76 valence electrons. The lowest BCUT2D eigenvalue weighted by Gasteiger charge is -2.29. The number of hydrogen-bond acceptors (Lipinski definition) is 1. The highest BCUT2D eigenvalue weighted by atomic mass is 19.1. The molecular weight excluding hydrogens is 177 g/mol. The van der Waals surface area contributed by atoms with Gasteiger partial charge in [-0.05, 0) is 17.5 Å². The second-order valence-corrected chi connectivity index (χ2v) is 3.88. The molecule has 0 bridgehead atoms. The molecule has 1 N–H and O–H groups in total. The van der Waals surface area contributed by atoms with Crippen LogP contribution in [0.5, 0.6) is 0 Å². The summed E-state index contributed by atoms with van der Waals surface area (Å²) in [6.45, 7) is 2.90. The first kappa shape index (κ1) is 9.66. The third-order valence-corrected chi connectivity index (χ3v) is 2.86. The Kier molecular flexibility index (Phi) is 2.82. The second kappa shape index (κ2) is 4.09. The molecule has 1 nitrogen and oxygen atoms in total. The summed E-state index contributed by atoms with van der Waals surface area (Å²) in [5, 5.41) is 3.25. The molecule has 0 saturated carbocycles. The second-order valence-electron chi connectivity index (χ2n) is 3.88. The summed E-state index contributed by atoms with van der Waals surface area (Å²) in [4.78, 5) is 0. The molecule has 1 heterocycles. The first-order valence-electron chi connectivity index (χ1n) is 5.28. The van der Waals surface area contributed by atoms with E-state index in [9.17, 15) is 4.39 Å². The molecule has 0 unspecified atom stereocenters. The van der Waals surface area contributed by atoms with Crippen LogP contribution in [0.2, 0.25) is 0 Å². The maximum absolute atomic E-state index is 14.0. The Balaban J connectivity index is 2.22. The molecule has 1 aromatic carbocycles. The van der Waals surface area contributed by atoms with Crippen molar-refractivity contribution in [2.45, 2.75) is 38.5 Å². The molecule has 14 heavy (non-hydrogen) atoms. The molecule has 1 aromatic rings. The minimum atomic E-state index is -0.833. The number of benzene rings is 1. The van der Waals surface area contributed by atoms with Crippen molar-refractivity contribution in [3.63, 3.8) is 0 Å². The van der Waals surface area contributed by atoms with Crippen LogP contribution in [0.3, 0.4) is 0 Å². The highest BCUT2D eigenvalue weighted by Gasteiger charge is 2.27. The molecule has 2 heteroatoms. The standard InChI is InChI=1S/C12H16FN/c1-2-5-11-12(13)10-7-4-3-6-9(10)8-14-11/h3-4,6-7,11-12,14H,2,5,8H2,1H3/t11-,12-/m1/s1. The molecule has 0 aliphatic carbocycles. The average Bonchev–Trinajstić information content (AvgIpc) is 2.23. The Morgan fingerprint density at radius 3 is 3.00 bits per heavy atom. The molecule has 0 amide bonds. The first-order chi connectivity index (χ1) is 6.83. The molecular formula is C12H16FN. The van der Waals surface area contributed by atoms with E-state index in [-0.39, 0.29) is 6.04 Å². The summed E-state index contributed by atoms with van der Waals surface area (Å²) in [5.74, 6) is 0. The van der Waals surface area contributed by atoms with Gasteiger partial charge in [0.15, 0.2) is 0 Å². The van der Waals surface area contributed by atoms with Crippen molar-refractivity contribution in [3.8, 4) is 0 Å². The van der Waals surface area contributed by atoms with E-state index in [1.54, 1.807) is 0 Å². The Morgan fingerprint density at radius 2 is 2.21 bits per heavy atom. The van der Waals surface area contributed by atoms with Crippen LogP contribution in [-0.4, -0.2) is 6.04 Å². The predicted octanol–water partition coefficient (Wildman–Crippen LogP) is 2.97. The summed E-state index contributed by atoms with van der Waals surface area (Å²) in [6, 6.07) is 7.79. The number of fused-ring (bicyclic) bond motifs is 1. The van der Waals surface area contributed by atoms with Gasteiger partial charge in [0.1, 0.15) is 6.17 Å². The van der Waals surface area contributed by atoms with Crippen LogP contribution < -0.4 is 5.32 Å². The van der Waals surface area contributed by atoms with E-state index in [1.165, 1.54) is 0 Å². The summed E-state index contributed by atoms with van der Waals surface area (Å²) >= 11 is 0. The van der Waals surface area contributed by atoms with E-state index in [2.05, 4.69) is 12.2 Å². The van der Waals surface area contributed by atoms with Gasteiger partial charge in [0, 0.05) is 12.6 Å². The van der Waals surface area contributed by atoms with E-state index in [0.29, 0.717) is 0 Å². The number of halogens is 1. The van der Waals surface area contributed by atoms with Crippen LogP contribution in [0.4, 0.5) is 4.39 Å². The molecule has 1 aliphatic rings. The molecule has 1 aliphatic heterocycles. The average molecular weight is 193 g/mol.